The number of ether oxygens (including phenoxy) is 1. The summed E-state index contributed by atoms with van der Waals surface area (Å²) < 4.78 is 45.9. The zero-order chi connectivity index (χ0) is 25.1. The number of pyridine rings is 1. The van der Waals surface area contributed by atoms with Crippen molar-refractivity contribution in [1.82, 2.24) is 19.4 Å². The molecule has 2 aromatic carbocycles. The number of esters is 1. The Morgan fingerprint density at radius 3 is 2.08 bits per heavy atom. The number of carbonyl (C=O) groups excluding carboxylic acids is 1. The summed E-state index contributed by atoms with van der Waals surface area (Å²) in [7, 11) is 0. The SMILES string of the molecule is O=C(Oc1c(Cc2ccncc2)nc2c(Cc3ccccc3)nc(-c3ccccc3)cn12)C(F)(F)F. The van der Waals surface area contributed by atoms with E-state index in [0.717, 1.165) is 16.7 Å². The van der Waals surface area contributed by atoms with Crippen molar-refractivity contribution in [3.05, 3.63) is 114 Å². The predicted octanol–water partition coefficient (Wildman–Crippen LogP) is 5.44. The highest BCUT2D eigenvalue weighted by Crippen LogP contribution is 2.30. The highest BCUT2D eigenvalue weighted by molar-refractivity contribution is 5.78. The summed E-state index contributed by atoms with van der Waals surface area (Å²) >= 11 is 0. The number of benzene rings is 2. The first-order valence-electron chi connectivity index (χ1n) is 11.1. The fraction of sp³-hybridized carbons (Fsp3) is 0.111. The van der Waals surface area contributed by atoms with Crippen molar-refractivity contribution in [2.75, 3.05) is 0 Å². The van der Waals surface area contributed by atoms with E-state index in [0.29, 0.717) is 23.5 Å². The van der Waals surface area contributed by atoms with Crippen molar-refractivity contribution in [2.45, 2.75) is 19.0 Å². The lowest BCUT2D eigenvalue weighted by molar-refractivity contribution is -0.190. The first-order valence-corrected chi connectivity index (χ1v) is 11.1. The van der Waals surface area contributed by atoms with Crippen LogP contribution in [0.1, 0.15) is 22.5 Å². The number of aromatic nitrogens is 4. The molecule has 180 valence electrons. The van der Waals surface area contributed by atoms with Gasteiger partial charge in [-0.1, -0.05) is 60.7 Å². The van der Waals surface area contributed by atoms with Gasteiger partial charge in [0.05, 0.1) is 11.4 Å². The van der Waals surface area contributed by atoms with Crippen LogP contribution in [0.2, 0.25) is 0 Å². The van der Waals surface area contributed by atoms with Gasteiger partial charge < -0.3 is 4.74 Å². The summed E-state index contributed by atoms with van der Waals surface area (Å²) in [4.78, 5) is 25.3. The van der Waals surface area contributed by atoms with E-state index >= 15 is 0 Å². The summed E-state index contributed by atoms with van der Waals surface area (Å²) in [6, 6.07) is 22.2. The number of hydrogen-bond acceptors (Lipinski definition) is 5. The second kappa shape index (κ2) is 9.61. The van der Waals surface area contributed by atoms with Crippen molar-refractivity contribution in [3.8, 4) is 17.1 Å². The molecule has 3 heterocycles. The van der Waals surface area contributed by atoms with E-state index in [1.807, 2.05) is 60.7 Å². The Hall–Kier alpha value is -4.53. The van der Waals surface area contributed by atoms with E-state index in [-0.39, 0.29) is 18.0 Å². The quantitative estimate of drug-likeness (QED) is 0.298. The zero-order valence-corrected chi connectivity index (χ0v) is 18.8. The minimum Gasteiger partial charge on any atom is -0.400 e. The molecule has 0 radical (unpaired) electrons. The van der Waals surface area contributed by atoms with Gasteiger partial charge in [0.15, 0.2) is 5.65 Å². The lowest BCUT2D eigenvalue weighted by atomic mass is 10.1. The van der Waals surface area contributed by atoms with Gasteiger partial charge in [-0.2, -0.15) is 13.2 Å². The zero-order valence-electron chi connectivity index (χ0n) is 18.8. The van der Waals surface area contributed by atoms with E-state index in [1.165, 1.54) is 4.40 Å². The van der Waals surface area contributed by atoms with Gasteiger partial charge >= 0.3 is 12.1 Å². The molecule has 0 aliphatic rings. The number of imidazole rings is 1. The van der Waals surface area contributed by atoms with Crippen LogP contribution in [0.25, 0.3) is 16.9 Å². The molecule has 5 aromatic rings. The van der Waals surface area contributed by atoms with Crippen LogP contribution in [0, 0.1) is 0 Å². The maximum Gasteiger partial charge on any atom is 0.491 e. The predicted molar refractivity (Wildman–Crippen MR) is 126 cm³/mol. The van der Waals surface area contributed by atoms with Crippen LogP contribution in [-0.2, 0) is 17.6 Å². The van der Waals surface area contributed by atoms with E-state index in [2.05, 4.69) is 9.97 Å². The van der Waals surface area contributed by atoms with Gasteiger partial charge in [0, 0.05) is 37.0 Å². The molecule has 0 bridgehead atoms. The molecule has 0 saturated heterocycles. The summed E-state index contributed by atoms with van der Waals surface area (Å²) in [6.07, 6.45) is 0.0335. The molecule has 0 saturated carbocycles. The molecule has 9 heteroatoms. The Morgan fingerprint density at radius 1 is 0.806 bits per heavy atom. The molecule has 0 unspecified atom stereocenters. The van der Waals surface area contributed by atoms with Crippen molar-refractivity contribution < 1.29 is 22.7 Å². The highest BCUT2D eigenvalue weighted by atomic mass is 19.4. The first-order chi connectivity index (χ1) is 17.4. The van der Waals surface area contributed by atoms with Crippen LogP contribution in [0.15, 0.2) is 91.4 Å². The molecule has 0 aliphatic heterocycles. The van der Waals surface area contributed by atoms with Crippen LogP contribution in [-0.4, -0.2) is 31.5 Å². The fourth-order valence-electron chi connectivity index (χ4n) is 3.85. The molecule has 36 heavy (non-hydrogen) atoms. The normalized spacial score (nSPS) is 11.5. The van der Waals surface area contributed by atoms with Crippen LogP contribution in [0.4, 0.5) is 13.2 Å². The molecular formula is C27H19F3N4O2. The van der Waals surface area contributed by atoms with Gasteiger partial charge in [-0.05, 0) is 23.3 Å². The summed E-state index contributed by atoms with van der Waals surface area (Å²) in [5.41, 5.74) is 3.99. The monoisotopic (exact) mass is 488 g/mol. The second-order valence-electron chi connectivity index (χ2n) is 8.08. The number of nitrogens with zero attached hydrogens (tertiary/aromatic N) is 4. The van der Waals surface area contributed by atoms with Crippen LogP contribution in [0.5, 0.6) is 5.88 Å². The van der Waals surface area contributed by atoms with Crippen molar-refractivity contribution >= 4 is 11.6 Å². The largest absolute Gasteiger partial charge is 0.491 e. The number of fused-ring (bicyclic) bond motifs is 1. The number of rotatable bonds is 6. The molecule has 5 rings (SSSR count). The standard InChI is InChI=1S/C27H19F3N4O2/c28-27(29,30)26(35)36-25-22(16-19-11-13-31-14-12-19)33-24-21(15-18-7-3-1-4-8-18)32-23(17-34(24)25)20-9-5-2-6-10-20/h1-14,17H,15-16H2. The lowest BCUT2D eigenvalue weighted by Crippen LogP contribution is -2.28. The molecule has 0 fully saturated rings. The van der Waals surface area contributed by atoms with Gasteiger partial charge in [-0.15, -0.1) is 0 Å². The van der Waals surface area contributed by atoms with Crippen molar-refractivity contribution in [3.63, 3.8) is 0 Å². The summed E-state index contributed by atoms with van der Waals surface area (Å²) in [6.45, 7) is 0. The Kier molecular flexibility index (Phi) is 6.20. The van der Waals surface area contributed by atoms with Gasteiger partial charge in [0.1, 0.15) is 5.69 Å². The van der Waals surface area contributed by atoms with Gasteiger partial charge in [0.2, 0.25) is 5.88 Å². The average Bonchev–Trinajstić information content (AvgIpc) is 3.22. The van der Waals surface area contributed by atoms with Crippen LogP contribution >= 0.6 is 0 Å². The lowest BCUT2D eigenvalue weighted by Gasteiger charge is -2.11. The van der Waals surface area contributed by atoms with Crippen molar-refractivity contribution in [1.29, 1.82) is 0 Å². The molecule has 0 spiro atoms. The van der Waals surface area contributed by atoms with E-state index < -0.39 is 12.1 Å². The molecule has 0 atom stereocenters. The Labute approximate surface area is 204 Å². The molecule has 0 aliphatic carbocycles. The number of hydrogen-bond donors (Lipinski definition) is 0. The van der Waals surface area contributed by atoms with E-state index in [9.17, 15) is 18.0 Å². The smallest absolute Gasteiger partial charge is 0.400 e. The number of carbonyl (C=O) groups is 1. The third kappa shape index (κ3) is 4.95. The van der Waals surface area contributed by atoms with E-state index in [1.54, 1.807) is 30.7 Å². The summed E-state index contributed by atoms with van der Waals surface area (Å²) in [5.74, 6) is -2.61. The molecule has 0 amide bonds. The topological polar surface area (TPSA) is 69.4 Å². The number of halogens is 3. The third-order valence-corrected chi connectivity index (χ3v) is 5.53. The maximum absolute atomic E-state index is 13.2. The molecule has 0 N–H and O–H groups in total. The fourth-order valence-corrected chi connectivity index (χ4v) is 3.85. The molecular weight excluding hydrogens is 469 g/mol. The van der Waals surface area contributed by atoms with Crippen LogP contribution < -0.4 is 4.74 Å². The Bertz CT molecular complexity index is 1500. The second-order valence-corrected chi connectivity index (χ2v) is 8.08. The maximum atomic E-state index is 13.2. The van der Waals surface area contributed by atoms with Gasteiger partial charge in [-0.25, -0.2) is 14.8 Å². The van der Waals surface area contributed by atoms with Gasteiger partial charge in [-0.3, -0.25) is 9.38 Å². The average molecular weight is 488 g/mol. The minimum absolute atomic E-state index is 0.135. The molecule has 3 aromatic heterocycles. The first kappa shape index (κ1) is 23.2. The Morgan fingerprint density at radius 2 is 1.42 bits per heavy atom. The highest BCUT2D eigenvalue weighted by Gasteiger charge is 2.42. The molecule has 6 nitrogen and oxygen atoms in total. The minimum atomic E-state index is -5.17. The van der Waals surface area contributed by atoms with Crippen LogP contribution in [0.3, 0.4) is 0 Å². The summed E-state index contributed by atoms with van der Waals surface area (Å²) in [5, 5.41) is 0. The Balaban J connectivity index is 1.72. The van der Waals surface area contributed by atoms with Crippen molar-refractivity contribution in [2.24, 2.45) is 0 Å². The third-order valence-electron chi connectivity index (χ3n) is 5.53. The van der Waals surface area contributed by atoms with Gasteiger partial charge in [0.25, 0.3) is 0 Å². The van der Waals surface area contributed by atoms with E-state index in [4.69, 9.17) is 9.72 Å². The number of alkyl halides is 3.